The molecule has 142 valence electrons. The molecule has 0 spiro atoms. The highest BCUT2D eigenvalue weighted by molar-refractivity contribution is 9.10. The van der Waals surface area contributed by atoms with Crippen molar-refractivity contribution in [1.82, 2.24) is 4.98 Å². The Morgan fingerprint density at radius 3 is 2.89 bits per heavy atom. The molecule has 0 aliphatic carbocycles. The van der Waals surface area contributed by atoms with E-state index in [2.05, 4.69) is 20.9 Å². The van der Waals surface area contributed by atoms with Crippen LogP contribution in [0.4, 0.5) is 5.82 Å². The molecule has 1 atom stereocenters. The molecule has 3 heterocycles. The lowest BCUT2D eigenvalue weighted by molar-refractivity contribution is -0.390. The van der Waals surface area contributed by atoms with Crippen LogP contribution in [-0.4, -0.2) is 36.3 Å². The molecular formula is C17H14BrClN2O6. The van der Waals surface area contributed by atoms with Crippen molar-refractivity contribution < 1.29 is 23.9 Å². The van der Waals surface area contributed by atoms with Crippen molar-refractivity contribution in [3.05, 3.63) is 55.1 Å². The summed E-state index contributed by atoms with van der Waals surface area (Å²) in [6.45, 7) is 1.64. The van der Waals surface area contributed by atoms with Gasteiger partial charge in [-0.3, -0.25) is 0 Å². The van der Waals surface area contributed by atoms with Crippen LogP contribution in [0.25, 0.3) is 0 Å². The van der Waals surface area contributed by atoms with Gasteiger partial charge in [-0.15, -0.1) is 0 Å². The zero-order valence-electron chi connectivity index (χ0n) is 13.9. The number of ether oxygens (including phenoxy) is 4. The molecule has 0 unspecified atom stereocenters. The molecule has 0 N–H and O–H groups in total. The number of hydrogen-bond acceptors (Lipinski definition) is 7. The van der Waals surface area contributed by atoms with E-state index in [-0.39, 0.29) is 23.4 Å². The molecule has 1 saturated heterocycles. The monoisotopic (exact) mass is 456 g/mol. The molecule has 2 aromatic rings. The first kappa shape index (κ1) is 18.4. The van der Waals surface area contributed by atoms with E-state index in [0.717, 1.165) is 16.9 Å². The molecule has 27 heavy (non-hydrogen) atoms. The third-order valence-corrected chi connectivity index (χ3v) is 5.44. The Balaban J connectivity index is 1.59. The maximum atomic E-state index is 11.2. The number of aromatic nitrogens is 1. The maximum absolute atomic E-state index is 11.2. The normalized spacial score (nSPS) is 19.0. The van der Waals surface area contributed by atoms with Crippen LogP contribution in [0.5, 0.6) is 11.5 Å². The van der Waals surface area contributed by atoms with Gasteiger partial charge in [0.2, 0.25) is 5.75 Å². The Morgan fingerprint density at radius 2 is 2.15 bits per heavy atom. The Labute approximate surface area is 167 Å². The number of halogens is 2. The van der Waals surface area contributed by atoms with Gasteiger partial charge in [0.1, 0.15) is 5.75 Å². The fourth-order valence-electron chi connectivity index (χ4n) is 3.14. The van der Waals surface area contributed by atoms with E-state index >= 15 is 0 Å². The summed E-state index contributed by atoms with van der Waals surface area (Å²) in [4.78, 5) is 14.4. The predicted octanol–water partition coefficient (Wildman–Crippen LogP) is 4.01. The zero-order valence-corrected chi connectivity index (χ0v) is 16.2. The smallest absolute Gasteiger partial charge is 0.407 e. The van der Waals surface area contributed by atoms with Crippen LogP contribution in [0, 0.1) is 10.1 Å². The lowest BCUT2D eigenvalue weighted by Crippen LogP contribution is -2.15. The van der Waals surface area contributed by atoms with Crippen LogP contribution in [0.15, 0.2) is 28.7 Å². The lowest BCUT2D eigenvalue weighted by Gasteiger charge is -2.17. The molecule has 1 fully saturated rings. The number of fused-ring (bicyclic) bond motifs is 1. The largest absolute Gasteiger partial charge is 0.493 e. The van der Waals surface area contributed by atoms with Gasteiger partial charge in [0, 0.05) is 17.2 Å². The highest BCUT2D eigenvalue weighted by Crippen LogP contribution is 2.42. The molecule has 10 heteroatoms. The summed E-state index contributed by atoms with van der Waals surface area (Å²) in [5.74, 6) is 0.219. The number of benzene rings is 1. The van der Waals surface area contributed by atoms with Crippen molar-refractivity contribution in [2.75, 3.05) is 26.4 Å². The van der Waals surface area contributed by atoms with Gasteiger partial charge in [-0.05, 0) is 43.5 Å². The van der Waals surface area contributed by atoms with E-state index < -0.39 is 17.0 Å². The first-order valence-electron chi connectivity index (χ1n) is 8.16. The number of pyridine rings is 1. The minimum Gasteiger partial charge on any atom is -0.493 e. The SMILES string of the molecule is O=[N+]([O-])c1nc(Cl)c(Br)cc1OC[C@H]1COc2cccc(C3OCCO3)c21. The molecule has 2 aliphatic heterocycles. The summed E-state index contributed by atoms with van der Waals surface area (Å²) in [7, 11) is 0. The fraction of sp³-hybridized carbons (Fsp3) is 0.353. The molecule has 1 aromatic carbocycles. The van der Waals surface area contributed by atoms with Crippen molar-refractivity contribution >= 4 is 33.3 Å². The van der Waals surface area contributed by atoms with E-state index in [0.29, 0.717) is 24.3 Å². The van der Waals surface area contributed by atoms with Crippen molar-refractivity contribution in [3.8, 4) is 11.5 Å². The van der Waals surface area contributed by atoms with Crippen LogP contribution in [0.1, 0.15) is 23.3 Å². The van der Waals surface area contributed by atoms with Gasteiger partial charge in [-0.25, -0.2) is 0 Å². The molecule has 8 nitrogen and oxygen atoms in total. The first-order chi connectivity index (χ1) is 13.0. The lowest BCUT2D eigenvalue weighted by atomic mass is 9.96. The van der Waals surface area contributed by atoms with Gasteiger partial charge in [0.15, 0.2) is 6.29 Å². The first-order valence-corrected chi connectivity index (χ1v) is 9.33. The second-order valence-corrected chi connectivity index (χ2v) is 7.20. The number of rotatable bonds is 5. The summed E-state index contributed by atoms with van der Waals surface area (Å²) >= 11 is 9.06. The van der Waals surface area contributed by atoms with E-state index in [1.165, 1.54) is 6.07 Å². The van der Waals surface area contributed by atoms with Crippen molar-refractivity contribution in [3.63, 3.8) is 0 Å². The van der Waals surface area contributed by atoms with E-state index in [4.69, 9.17) is 30.5 Å². The van der Waals surface area contributed by atoms with Crippen LogP contribution in [-0.2, 0) is 9.47 Å². The van der Waals surface area contributed by atoms with Crippen LogP contribution >= 0.6 is 27.5 Å². The van der Waals surface area contributed by atoms with E-state index in [1.807, 2.05) is 18.2 Å². The molecule has 2 aliphatic rings. The quantitative estimate of drug-likeness (QED) is 0.380. The van der Waals surface area contributed by atoms with Gasteiger partial charge in [0.05, 0.1) is 36.8 Å². The second-order valence-electron chi connectivity index (χ2n) is 5.99. The summed E-state index contributed by atoms with van der Waals surface area (Å²) in [5, 5.41) is 11.2. The van der Waals surface area contributed by atoms with Crippen LogP contribution < -0.4 is 9.47 Å². The molecular weight excluding hydrogens is 444 g/mol. The number of nitrogens with zero attached hydrogens (tertiary/aromatic N) is 2. The van der Waals surface area contributed by atoms with Crippen LogP contribution in [0.3, 0.4) is 0 Å². The fourth-order valence-corrected chi connectivity index (χ4v) is 3.57. The van der Waals surface area contributed by atoms with Crippen molar-refractivity contribution in [2.45, 2.75) is 12.2 Å². The highest BCUT2D eigenvalue weighted by Gasteiger charge is 2.33. The van der Waals surface area contributed by atoms with Gasteiger partial charge in [-0.1, -0.05) is 12.1 Å². The minimum atomic E-state index is -0.627. The number of hydrogen-bond donors (Lipinski definition) is 0. The van der Waals surface area contributed by atoms with Gasteiger partial charge >= 0.3 is 5.82 Å². The summed E-state index contributed by atoms with van der Waals surface area (Å²) in [6.07, 6.45) is -0.440. The summed E-state index contributed by atoms with van der Waals surface area (Å²) < 4.78 is 23.1. The summed E-state index contributed by atoms with van der Waals surface area (Å²) in [6, 6.07) is 7.13. The minimum absolute atomic E-state index is 0.00131. The predicted molar refractivity (Wildman–Crippen MR) is 98.4 cm³/mol. The Kier molecular flexibility index (Phi) is 5.18. The third-order valence-electron chi connectivity index (χ3n) is 4.32. The van der Waals surface area contributed by atoms with Crippen LogP contribution in [0.2, 0.25) is 5.15 Å². The third kappa shape index (κ3) is 3.60. The highest BCUT2D eigenvalue weighted by atomic mass is 79.9. The maximum Gasteiger partial charge on any atom is 0.407 e. The second kappa shape index (κ2) is 7.59. The molecule has 0 amide bonds. The Morgan fingerprint density at radius 1 is 1.37 bits per heavy atom. The Bertz CT molecular complexity index is 890. The van der Waals surface area contributed by atoms with E-state index in [9.17, 15) is 10.1 Å². The average molecular weight is 458 g/mol. The van der Waals surface area contributed by atoms with Gasteiger partial charge < -0.3 is 29.1 Å². The van der Waals surface area contributed by atoms with Crippen molar-refractivity contribution in [1.29, 1.82) is 0 Å². The molecule has 0 radical (unpaired) electrons. The van der Waals surface area contributed by atoms with Crippen molar-refractivity contribution in [2.24, 2.45) is 0 Å². The average Bonchev–Trinajstić information content (AvgIpc) is 3.31. The van der Waals surface area contributed by atoms with Gasteiger partial charge in [-0.2, -0.15) is 0 Å². The standard InChI is InChI=1S/C17H14BrClN2O6/c18-11-6-13(16(21(22)23)20-15(11)19)27-8-9-7-26-12-3-1-2-10(14(9)12)17-24-4-5-25-17/h1-3,6,9,17H,4-5,7-8H2/t9-/m1/s1. The number of nitro groups is 1. The molecule has 4 rings (SSSR count). The Hall–Kier alpha value is -1.94. The summed E-state index contributed by atoms with van der Waals surface area (Å²) in [5.41, 5.74) is 1.83. The zero-order chi connectivity index (χ0) is 19.0. The molecule has 0 bridgehead atoms. The topological polar surface area (TPSA) is 93.0 Å². The molecule has 0 saturated carbocycles. The molecule has 1 aromatic heterocycles. The van der Waals surface area contributed by atoms with E-state index in [1.54, 1.807) is 0 Å². The van der Waals surface area contributed by atoms with Gasteiger partial charge in [0.25, 0.3) is 5.15 Å².